The Bertz CT molecular complexity index is 1180. The van der Waals surface area contributed by atoms with E-state index in [1.807, 2.05) is 45.2 Å². The molecule has 0 unspecified atom stereocenters. The van der Waals surface area contributed by atoms with Crippen molar-refractivity contribution in [1.82, 2.24) is 5.32 Å². The first kappa shape index (κ1) is 26.1. The number of hydrogen-bond acceptors (Lipinski definition) is 6. The number of ether oxygens (including phenoxy) is 2. The molecule has 0 aliphatic carbocycles. The van der Waals surface area contributed by atoms with E-state index in [-0.39, 0.29) is 39.6 Å². The van der Waals surface area contributed by atoms with E-state index in [0.717, 1.165) is 4.90 Å². The second kappa shape index (κ2) is 11.3. The van der Waals surface area contributed by atoms with Gasteiger partial charge in [0.1, 0.15) is 11.3 Å². The summed E-state index contributed by atoms with van der Waals surface area (Å²) < 4.78 is 11.8. The van der Waals surface area contributed by atoms with Crippen LogP contribution in [0.15, 0.2) is 35.9 Å². The lowest BCUT2D eigenvalue weighted by Crippen LogP contribution is -2.54. The number of esters is 1. The van der Waals surface area contributed by atoms with Gasteiger partial charge in [-0.25, -0.2) is 4.79 Å². The maximum Gasteiger partial charge on any atom is 0.344 e. The standard InChI is InChI=1S/C21H14Cl2I2N2O5S/c1-2-31-16(28)9-32-18-13(24)7-10(8-14(18)25)6-11-19(29)26-21(33)27(20(11)30)15-5-3-4-12(22)17(15)23/h3-8H,2,9H2,1H3,(H,26,29,33)/b11-6+. The lowest BCUT2D eigenvalue weighted by molar-refractivity contribution is -0.145. The minimum absolute atomic E-state index is 0.0989. The summed E-state index contributed by atoms with van der Waals surface area (Å²) in [6, 6.07) is 8.23. The Kier molecular flexibility index (Phi) is 8.95. The van der Waals surface area contributed by atoms with Gasteiger partial charge in [0.05, 0.1) is 29.5 Å². The number of nitrogens with zero attached hydrogens (tertiary/aromatic N) is 1. The quantitative estimate of drug-likeness (QED) is 0.149. The number of carbonyl (C=O) groups is 3. The van der Waals surface area contributed by atoms with Crippen LogP contribution in [0, 0.1) is 7.14 Å². The molecule has 0 aromatic heterocycles. The molecule has 0 atom stereocenters. The summed E-state index contributed by atoms with van der Waals surface area (Å²) in [5.41, 5.74) is 0.708. The molecule has 0 bridgehead atoms. The van der Waals surface area contributed by atoms with E-state index in [0.29, 0.717) is 18.5 Å². The van der Waals surface area contributed by atoms with Gasteiger partial charge in [-0.1, -0.05) is 29.3 Å². The van der Waals surface area contributed by atoms with Crippen LogP contribution in [0.1, 0.15) is 12.5 Å². The van der Waals surface area contributed by atoms with Crippen LogP contribution in [0.5, 0.6) is 5.75 Å². The van der Waals surface area contributed by atoms with Gasteiger partial charge in [-0.3, -0.25) is 19.8 Å². The van der Waals surface area contributed by atoms with E-state index in [9.17, 15) is 14.4 Å². The van der Waals surface area contributed by atoms with Gasteiger partial charge < -0.3 is 9.47 Å². The summed E-state index contributed by atoms with van der Waals surface area (Å²) in [7, 11) is 0. The van der Waals surface area contributed by atoms with E-state index in [1.54, 1.807) is 37.3 Å². The molecule has 1 aliphatic heterocycles. The first-order valence-corrected chi connectivity index (χ1v) is 12.6. The molecular weight excluding hydrogens is 717 g/mol. The highest BCUT2D eigenvalue weighted by Crippen LogP contribution is 2.35. The molecule has 0 saturated carbocycles. The second-order valence-corrected chi connectivity index (χ2v) is 9.93. The molecular formula is C21H14Cl2I2N2O5S. The highest BCUT2D eigenvalue weighted by Gasteiger charge is 2.35. The Morgan fingerprint density at radius 2 is 1.88 bits per heavy atom. The van der Waals surface area contributed by atoms with Gasteiger partial charge in [0.15, 0.2) is 11.7 Å². The smallest absolute Gasteiger partial charge is 0.344 e. The van der Waals surface area contributed by atoms with Crippen molar-refractivity contribution < 1.29 is 23.9 Å². The first-order valence-electron chi connectivity index (χ1n) is 9.27. The average molecular weight is 731 g/mol. The zero-order valence-electron chi connectivity index (χ0n) is 16.8. The van der Waals surface area contributed by atoms with Crippen LogP contribution < -0.4 is 15.0 Å². The molecule has 1 aliphatic rings. The van der Waals surface area contributed by atoms with Crippen molar-refractivity contribution in [2.75, 3.05) is 18.1 Å². The summed E-state index contributed by atoms with van der Waals surface area (Å²) in [4.78, 5) is 38.5. The van der Waals surface area contributed by atoms with Gasteiger partial charge in [-0.15, -0.1) is 0 Å². The van der Waals surface area contributed by atoms with Crippen LogP contribution in [0.3, 0.4) is 0 Å². The van der Waals surface area contributed by atoms with Gasteiger partial charge in [0, 0.05) is 0 Å². The molecule has 33 heavy (non-hydrogen) atoms. The molecule has 172 valence electrons. The molecule has 12 heteroatoms. The van der Waals surface area contributed by atoms with E-state index in [1.165, 1.54) is 6.08 Å². The van der Waals surface area contributed by atoms with Crippen LogP contribution in [-0.4, -0.2) is 36.1 Å². The number of anilines is 1. The van der Waals surface area contributed by atoms with E-state index in [4.69, 9.17) is 44.9 Å². The fourth-order valence-electron chi connectivity index (χ4n) is 2.84. The number of thiocarbonyl (C=S) groups is 1. The van der Waals surface area contributed by atoms with Crippen molar-refractivity contribution in [3.63, 3.8) is 0 Å². The number of amides is 2. The van der Waals surface area contributed by atoms with Gasteiger partial charge >= 0.3 is 5.97 Å². The Hall–Kier alpha value is -1.48. The third-order valence-corrected chi connectivity index (χ3v) is 6.94. The van der Waals surface area contributed by atoms with Crippen molar-refractivity contribution in [3.8, 4) is 5.75 Å². The number of hydrogen-bond donors (Lipinski definition) is 1. The first-order chi connectivity index (χ1) is 15.6. The molecule has 3 rings (SSSR count). The van der Waals surface area contributed by atoms with E-state index < -0.39 is 17.8 Å². The van der Waals surface area contributed by atoms with E-state index >= 15 is 0 Å². The Morgan fingerprint density at radius 3 is 2.52 bits per heavy atom. The third-order valence-electron chi connectivity index (χ3n) is 4.25. The number of halogens is 4. The van der Waals surface area contributed by atoms with Crippen molar-refractivity contribution in [2.45, 2.75) is 6.92 Å². The SMILES string of the molecule is CCOC(=O)COc1c(I)cc(/C=C2\C(=O)NC(=S)N(c3cccc(Cl)c3Cl)C2=O)cc1I. The monoisotopic (exact) mass is 730 g/mol. The zero-order chi connectivity index (χ0) is 24.3. The normalized spacial score (nSPS) is 15.0. The highest BCUT2D eigenvalue weighted by atomic mass is 127. The summed E-state index contributed by atoms with van der Waals surface area (Å²) in [5.74, 6) is -1.25. The van der Waals surface area contributed by atoms with Crippen molar-refractivity contribution in [1.29, 1.82) is 0 Å². The third kappa shape index (κ3) is 5.96. The van der Waals surface area contributed by atoms with Gasteiger partial charge in [0.2, 0.25) is 0 Å². The summed E-state index contributed by atoms with van der Waals surface area (Å²) in [6.45, 7) is 1.75. The molecule has 2 aromatic rings. The van der Waals surface area contributed by atoms with Crippen molar-refractivity contribution >= 4 is 115 Å². The number of nitrogens with one attached hydrogen (secondary N) is 1. The van der Waals surface area contributed by atoms with Crippen molar-refractivity contribution in [3.05, 3.63) is 58.7 Å². The van der Waals surface area contributed by atoms with Gasteiger partial charge in [-0.2, -0.15) is 0 Å². The Morgan fingerprint density at radius 1 is 1.21 bits per heavy atom. The maximum absolute atomic E-state index is 13.2. The zero-order valence-corrected chi connectivity index (χ0v) is 23.4. The van der Waals surface area contributed by atoms with Crippen molar-refractivity contribution in [2.24, 2.45) is 0 Å². The lowest BCUT2D eigenvalue weighted by Gasteiger charge is -2.29. The van der Waals surface area contributed by atoms with Crippen LogP contribution in [-0.2, 0) is 19.1 Å². The fourth-order valence-corrected chi connectivity index (χ4v) is 5.62. The number of rotatable bonds is 6. The average Bonchev–Trinajstić information content (AvgIpc) is 2.73. The molecule has 0 spiro atoms. The van der Waals surface area contributed by atoms with Crippen LogP contribution in [0.2, 0.25) is 10.0 Å². The summed E-state index contributed by atoms with van der Waals surface area (Å²) in [6.07, 6.45) is 1.45. The molecule has 7 nitrogen and oxygen atoms in total. The molecule has 1 heterocycles. The largest absolute Gasteiger partial charge is 0.480 e. The maximum atomic E-state index is 13.2. The predicted molar refractivity (Wildman–Crippen MR) is 147 cm³/mol. The molecule has 2 amide bonds. The van der Waals surface area contributed by atoms with Crippen LogP contribution >= 0.6 is 80.6 Å². The Labute approximate surface area is 232 Å². The lowest BCUT2D eigenvalue weighted by atomic mass is 10.1. The fraction of sp³-hybridized carbons (Fsp3) is 0.143. The molecule has 1 fully saturated rings. The van der Waals surface area contributed by atoms with Crippen LogP contribution in [0.25, 0.3) is 6.08 Å². The number of carbonyl (C=O) groups excluding carboxylic acids is 3. The van der Waals surface area contributed by atoms with Gasteiger partial charge in [0.25, 0.3) is 11.8 Å². The summed E-state index contributed by atoms with van der Waals surface area (Å²) in [5, 5.41) is 2.79. The summed E-state index contributed by atoms with van der Waals surface area (Å²) >= 11 is 21.6. The van der Waals surface area contributed by atoms with Gasteiger partial charge in [-0.05, 0) is 100 Å². The topological polar surface area (TPSA) is 84.9 Å². The predicted octanol–water partition coefficient (Wildman–Crippen LogP) is 4.98. The molecule has 2 aromatic carbocycles. The minimum Gasteiger partial charge on any atom is -0.480 e. The minimum atomic E-state index is -0.638. The Balaban J connectivity index is 1.94. The molecule has 0 radical (unpaired) electrons. The second-order valence-electron chi connectivity index (χ2n) is 6.44. The number of benzene rings is 2. The van der Waals surface area contributed by atoms with Crippen LogP contribution in [0.4, 0.5) is 5.69 Å². The molecule has 1 saturated heterocycles. The highest BCUT2D eigenvalue weighted by molar-refractivity contribution is 14.1. The molecule has 1 N–H and O–H groups in total. The van der Waals surface area contributed by atoms with E-state index in [2.05, 4.69) is 5.32 Å².